The van der Waals surface area contributed by atoms with E-state index in [4.69, 9.17) is 8.80 Å². The van der Waals surface area contributed by atoms with Gasteiger partial charge in [-0.2, -0.15) is 13.2 Å². The van der Waals surface area contributed by atoms with E-state index in [2.05, 4.69) is 9.97 Å². The Labute approximate surface area is 200 Å². The molecule has 2 aromatic rings. The molecule has 0 bridgehead atoms. The number of imidazole rings is 1. The summed E-state index contributed by atoms with van der Waals surface area (Å²) in [5.41, 5.74) is 6.01. The largest absolute Gasteiger partial charge is 0.438 e. The number of fused-ring (bicyclic) bond motifs is 1. The van der Waals surface area contributed by atoms with Gasteiger partial charge in [-0.05, 0) is 36.4 Å². The number of anilines is 1. The lowest BCUT2D eigenvalue weighted by atomic mass is 10.1. The molecule has 5 rings (SSSR count). The molecule has 5 nitrogen and oxygen atoms in total. The van der Waals surface area contributed by atoms with E-state index in [0.717, 1.165) is 12.1 Å². The Morgan fingerprint density at radius 2 is 1.79 bits per heavy atom. The van der Waals surface area contributed by atoms with Crippen molar-refractivity contribution in [3.8, 4) is 22.8 Å². The van der Waals surface area contributed by atoms with Crippen LogP contribution in [0.5, 0.6) is 0 Å². The van der Waals surface area contributed by atoms with Crippen LogP contribution in [0.25, 0.3) is 22.8 Å². The van der Waals surface area contributed by atoms with E-state index in [0.29, 0.717) is 33.3 Å². The molecule has 0 spiro atoms. The van der Waals surface area contributed by atoms with Gasteiger partial charge in [-0.3, -0.25) is 0 Å². The number of nitrogens with two attached hydrogens (primary N) is 1. The van der Waals surface area contributed by atoms with Crippen molar-refractivity contribution in [1.29, 1.82) is 0 Å². The van der Waals surface area contributed by atoms with Gasteiger partial charge in [-0.1, -0.05) is 12.1 Å². The Morgan fingerprint density at radius 1 is 1.00 bits per heavy atom. The summed E-state index contributed by atoms with van der Waals surface area (Å²) in [4.78, 5) is 8.75. The molecule has 174 valence electrons. The van der Waals surface area contributed by atoms with Crippen molar-refractivity contribution in [2.45, 2.75) is 12.7 Å². The first-order valence-corrected chi connectivity index (χ1v) is 11.8. The molecule has 3 aliphatic rings. The fourth-order valence-corrected chi connectivity index (χ4v) is 5.36. The standard InChI is InChI=1S/C23H14F5IN4O/c24-16-8-12(23(26,27)28)4-5-14(16)17-9-13(34-29-17)10-33-7-6-19-20(11-33)32-22(31-19)15-2-1-3-18(30)21(15)25/h1-9,11H,10,30H2. The molecule has 0 atom stereocenters. The van der Waals surface area contributed by atoms with E-state index >= 15 is 0 Å². The quantitative estimate of drug-likeness (QED) is 0.183. The molecule has 0 aromatic heterocycles. The zero-order valence-corrected chi connectivity index (χ0v) is 19.2. The van der Waals surface area contributed by atoms with Gasteiger partial charge in [0.1, 0.15) is 38.4 Å². The van der Waals surface area contributed by atoms with E-state index in [1.54, 1.807) is 41.2 Å². The third-order valence-corrected chi connectivity index (χ3v) is 7.25. The van der Waals surface area contributed by atoms with Crippen LogP contribution in [0.1, 0.15) is 11.1 Å². The molecular weight excluding hydrogens is 570 g/mol. The Morgan fingerprint density at radius 3 is 2.56 bits per heavy atom. The number of halogens is 6. The van der Waals surface area contributed by atoms with Gasteiger partial charge in [0.25, 0.3) is 0 Å². The van der Waals surface area contributed by atoms with Crippen molar-refractivity contribution in [1.82, 2.24) is 14.5 Å². The summed E-state index contributed by atoms with van der Waals surface area (Å²) in [5, 5.41) is 0. The van der Waals surface area contributed by atoms with E-state index < -0.39 is 44.5 Å². The average Bonchev–Trinajstić information content (AvgIpc) is 3.41. The summed E-state index contributed by atoms with van der Waals surface area (Å²) in [5.74, 6) is -0.757. The van der Waals surface area contributed by atoms with E-state index in [9.17, 15) is 22.0 Å². The maximum absolute atomic E-state index is 14.3. The van der Waals surface area contributed by atoms with Crippen LogP contribution in [0, 0.1) is 11.6 Å². The molecule has 0 unspecified atom stereocenters. The van der Waals surface area contributed by atoms with Crippen LogP contribution in [-0.4, -0.2) is 18.0 Å². The second-order valence-electron chi connectivity index (χ2n) is 7.45. The van der Waals surface area contributed by atoms with Gasteiger partial charge in [-0.25, -0.2) is 18.7 Å². The number of nitrogens with zero attached hydrogens (tertiary/aromatic N) is 3. The van der Waals surface area contributed by atoms with Crippen LogP contribution >= 0.6 is 21.1 Å². The highest BCUT2D eigenvalue weighted by Gasteiger charge is 2.31. The molecule has 0 saturated heterocycles. The first-order valence-electron chi connectivity index (χ1n) is 9.83. The number of alkyl halides is 3. The Hall–Kier alpha value is -3.35. The molecule has 3 aliphatic heterocycles. The number of nitrogen functional groups attached to an aromatic ring is 1. The number of rotatable bonds is 4. The van der Waals surface area contributed by atoms with Crippen LogP contribution in [0.3, 0.4) is 0 Å². The minimum Gasteiger partial charge on any atom is -0.438 e. The van der Waals surface area contributed by atoms with Crippen LogP contribution in [-0.2, 0) is 15.8 Å². The summed E-state index contributed by atoms with van der Waals surface area (Å²) >= 11 is -1.06. The smallest absolute Gasteiger partial charge is 0.416 e. The van der Waals surface area contributed by atoms with Gasteiger partial charge < -0.3 is 13.4 Å². The first kappa shape index (κ1) is 22.4. The average molecular weight is 584 g/mol. The van der Waals surface area contributed by atoms with Crippen molar-refractivity contribution < 1.29 is 25.0 Å². The zero-order chi connectivity index (χ0) is 24.0. The van der Waals surface area contributed by atoms with Gasteiger partial charge in [0.15, 0.2) is 11.6 Å². The number of aromatic nitrogens is 3. The molecule has 0 radical (unpaired) electrons. The lowest BCUT2D eigenvalue weighted by Gasteiger charge is -2.08. The lowest BCUT2D eigenvalue weighted by molar-refractivity contribution is -0.137. The van der Waals surface area contributed by atoms with Crippen molar-refractivity contribution in [2.24, 2.45) is 0 Å². The third kappa shape index (κ3) is 4.27. The van der Waals surface area contributed by atoms with Crippen molar-refractivity contribution in [2.75, 3.05) is 5.73 Å². The molecule has 0 amide bonds. The monoisotopic (exact) mass is 584 g/mol. The second kappa shape index (κ2) is 8.46. The van der Waals surface area contributed by atoms with E-state index in [-0.39, 0.29) is 22.6 Å². The van der Waals surface area contributed by atoms with Gasteiger partial charge in [0, 0.05) is 18.0 Å². The van der Waals surface area contributed by atoms with Gasteiger partial charge >= 0.3 is 6.18 Å². The molecule has 3 heterocycles. The molecule has 2 aromatic carbocycles. The number of hydrogen-bond acceptors (Lipinski definition) is 4. The molecule has 34 heavy (non-hydrogen) atoms. The number of benzene rings is 2. The van der Waals surface area contributed by atoms with Gasteiger partial charge in [-0.15, -0.1) is 0 Å². The van der Waals surface area contributed by atoms with Gasteiger partial charge in [0.2, 0.25) is 0 Å². The van der Waals surface area contributed by atoms with E-state index in [1.807, 2.05) is 0 Å². The summed E-state index contributed by atoms with van der Waals surface area (Å²) in [6, 6.07) is 8.83. The van der Waals surface area contributed by atoms with E-state index in [1.165, 1.54) is 6.07 Å². The summed E-state index contributed by atoms with van der Waals surface area (Å²) in [7, 11) is 0. The topological polar surface area (TPSA) is 66.0 Å². The Balaban J connectivity index is 1.37. The van der Waals surface area contributed by atoms with Crippen LogP contribution in [0.15, 0.2) is 66.7 Å². The van der Waals surface area contributed by atoms with Crippen LogP contribution < -0.4 is 5.73 Å². The lowest BCUT2D eigenvalue weighted by Crippen LogP contribution is -2.07. The maximum Gasteiger partial charge on any atom is 0.416 e. The minimum atomic E-state index is -4.61. The molecule has 2 N–H and O–H groups in total. The maximum atomic E-state index is 14.3. The molecule has 0 fully saturated rings. The van der Waals surface area contributed by atoms with Crippen molar-refractivity contribution in [3.05, 3.63) is 89.5 Å². The van der Waals surface area contributed by atoms with Crippen molar-refractivity contribution in [3.63, 3.8) is 0 Å². The predicted molar refractivity (Wildman–Crippen MR) is 125 cm³/mol. The van der Waals surface area contributed by atoms with Gasteiger partial charge in [0.05, 0.1) is 32.6 Å². The number of hydrogen-bond donors (Lipinski definition) is 1. The summed E-state index contributed by atoms with van der Waals surface area (Å²) < 4.78 is 75.1. The summed E-state index contributed by atoms with van der Waals surface area (Å²) in [6.07, 6.45) is 0.509. The highest BCUT2D eigenvalue weighted by molar-refractivity contribution is 14.2. The fourth-order valence-electron chi connectivity index (χ4n) is 3.42. The molecule has 0 saturated carbocycles. The number of allylic oxidation sites excluding steroid dienone is 2. The molecular formula is C23H14F5IN4O. The SMILES string of the molecule is Nc1cccc(-c2nc3ccn(CC4=CC(c5ccc(C(F)(F)F)cc5F)=IO4)cc-3n2)c1F. The molecule has 0 aliphatic carbocycles. The van der Waals surface area contributed by atoms with Crippen LogP contribution in [0.2, 0.25) is 0 Å². The fraction of sp³-hybridized carbons (Fsp3) is 0.0870. The highest BCUT2D eigenvalue weighted by Crippen LogP contribution is 2.33. The van der Waals surface area contributed by atoms with Crippen molar-refractivity contribution >= 4 is 30.3 Å². The highest BCUT2D eigenvalue weighted by atomic mass is 127. The van der Waals surface area contributed by atoms with Crippen LogP contribution in [0.4, 0.5) is 27.6 Å². The zero-order valence-electron chi connectivity index (χ0n) is 17.1. The normalized spacial score (nSPS) is 13.9. The minimum absolute atomic E-state index is 0.00609. The number of pyridine rings is 1. The Kier molecular flexibility index (Phi) is 5.58. The molecule has 11 heteroatoms. The third-order valence-electron chi connectivity index (χ3n) is 5.10. The first-order chi connectivity index (χ1) is 16.2. The summed E-state index contributed by atoms with van der Waals surface area (Å²) in [6.45, 7) is 0.302. The second-order valence-corrected chi connectivity index (χ2v) is 9.49. The Bertz CT molecular complexity index is 1440. The predicted octanol–water partition coefficient (Wildman–Crippen LogP) is 5.95.